The highest BCUT2D eigenvalue weighted by Crippen LogP contribution is 2.21. The minimum Gasteiger partial charge on any atom is -0.472 e. The van der Waals surface area contributed by atoms with Gasteiger partial charge < -0.3 is 14.6 Å². The summed E-state index contributed by atoms with van der Waals surface area (Å²) in [7, 11) is 2.05. The van der Waals surface area contributed by atoms with Crippen LogP contribution in [0, 0.1) is 0 Å². The molecule has 0 aliphatic heterocycles. The summed E-state index contributed by atoms with van der Waals surface area (Å²) < 4.78 is 5.07. The fraction of sp³-hybridized carbons (Fsp3) is 0.462. The Labute approximate surface area is 112 Å². The fourth-order valence-corrected chi connectivity index (χ4v) is 2.46. The van der Waals surface area contributed by atoms with E-state index in [0.29, 0.717) is 0 Å². The third kappa shape index (κ3) is 3.58. The van der Waals surface area contributed by atoms with E-state index in [2.05, 4.69) is 34.6 Å². The molecule has 0 aromatic carbocycles. The van der Waals surface area contributed by atoms with Crippen LogP contribution in [0.2, 0.25) is 0 Å². The monoisotopic (exact) mass is 265 g/mol. The maximum atomic E-state index is 5.07. The van der Waals surface area contributed by atoms with Gasteiger partial charge in [-0.05, 0) is 19.0 Å². The lowest BCUT2D eigenvalue weighted by molar-refractivity contribution is 0.563. The Balaban J connectivity index is 1.88. The second-order valence-corrected chi connectivity index (χ2v) is 5.12. The molecule has 0 atom stereocenters. The van der Waals surface area contributed by atoms with Crippen LogP contribution in [0.1, 0.15) is 24.6 Å². The summed E-state index contributed by atoms with van der Waals surface area (Å²) in [5, 5.41) is 6.52. The Morgan fingerprint density at radius 3 is 3.11 bits per heavy atom. The highest BCUT2D eigenvalue weighted by molar-refractivity contribution is 7.13. The quantitative estimate of drug-likeness (QED) is 0.782. The molecular formula is C13H19N3OS. The van der Waals surface area contributed by atoms with Crippen molar-refractivity contribution in [2.45, 2.75) is 26.4 Å². The van der Waals surface area contributed by atoms with Gasteiger partial charge in [-0.1, -0.05) is 6.92 Å². The van der Waals surface area contributed by atoms with E-state index in [0.717, 1.165) is 36.9 Å². The van der Waals surface area contributed by atoms with Gasteiger partial charge in [0.25, 0.3) is 0 Å². The summed E-state index contributed by atoms with van der Waals surface area (Å²) in [6.45, 7) is 4.88. The van der Waals surface area contributed by atoms with Crippen molar-refractivity contribution in [3.05, 3.63) is 35.2 Å². The maximum absolute atomic E-state index is 5.07. The van der Waals surface area contributed by atoms with Crippen molar-refractivity contribution in [3.63, 3.8) is 0 Å². The molecule has 0 unspecified atom stereocenters. The standard InChI is InChI=1S/C13H19N3OS/c1-3-5-14-7-12-10-18-13(15-12)16(2)8-11-4-6-17-9-11/h4,6,9-10,14H,3,5,7-8H2,1-2H3. The molecule has 18 heavy (non-hydrogen) atoms. The first-order chi connectivity index (χ1) is 8.79. The molecule has 1 N–H and O–H groups in total. The number of aromatic nitrogens is 1. The number of anilines is 1. The molecular weight excluding hydrogens is 246 g/mol. The number of hydrogen-bond donors (Lipinski definition) is 1. The summed E-state index contributed by atoms with van der Waals surface area (Å²) in [6, 6.07) is 1.98. The molecule has 2 heterocycles. The molecule has 0 aliphatic rings. The van der Waals surface area contributed by atoms with Gasteiger partial charge >= 0.3 is 0 Å². The van der Waals surface area contributed by atoms with E-state index < -0.39 is 0 Å². The number of hydrogen-bond acceptors (Lipinski definition) is 5. The zero-order valence-electron chi connectivity index (χ0n) is 10.8. The topological polar surface area (TPSA) is 41.3 Å². The lowest BCUT2D eigenvalue weighted by atomic mass is 10.3. The number of nitrogens with one attached hydrogen (secondary N) is 1. The lowest BCUT2D eigenvalue weighted by Crippen LogP contribution is -2.17. The average molecular weight is 265 g/mol. The number of furan rings is 1. The Morgan fingerprint density at radius 2 is 2.39 bits per heavy atom. The molecule has 5 heteroatoms. The van der Waals surface area contributed by atoms with Crippen molar-refractivity contribution < 1.29 is 4.42 Å². The first-order valence-electron chi connectivity index (χ1n) is 6.17. The molecule has 4 nitrogen and oxygen atoms in total. The van der Waals surface area contributed by atoms with Crippen LogP contribution in [0.5, 0.6) is 0 Å². The van der Waals surface area contributed by atoms with Gasteiger partial charge in [-0.2, -0.15) is 0 Å². The summed E-state index contributed by atoms with van der Waals surface area (Å²) in [5.74, 6) is 0. The molecule has 2 aromatic heterocycles. The Bertz CT molecular complexity index is 453. The minimum atomic E-state index is 0.825. The second kappa shape index (κ2) is 6.56. The van der Waals surface area contributed by atoms with E-state index in [-0.39, 0.29) is 0 Å². The maximum Gasteiger partial charge on any atom is 0.185 e. The largest absolute Gasteiger partial charge is 0.472 e. The molecule has 0 saturated heterocycles. The summed E-state index contributed by atoms with van der Waals surface area (Å²) in [5.41, 5.74) is 2.28. The highest BCUT2D eigenvalue weighted by atomic mass is 32.1. The van der Waals surface area contributed by atoms with Crippen molar-refractivity contribution in [3.8, 4) is 0 Å². The number of thiazole rings is 1. The third-order valence-electron chi connectivity index (χ3n) is 2.60. The average Bonchev–Trinajstić information content (AvgIpc) is 3.00. The van der Waals surface area contributed by atoms with E-state index in [1.807, 2.05) is 6.07 Å². The van der Waals surface area contributed by atoms with Crippen LogP contribution >= 0.6 is 11.3 Å². The third-order valence-corrected chi connectivity index (χ3v) is 3.60. The lowest BCUT2D eigenvalue weighted by Gasteiger charge is -2.13. The Hall–Kier alpha value is -1.33. The van der Waals surface area contributed by atoms with Crippen molar-refractivity contribution in [1.29, 1.82) is 0 Å². The molecule has 0 spiro atoms. The van der Waals surface area contributed by atoms with Gasteiger partial charge in [0.2, 0.25) is 0 Å². The van der Waals surface area contributed by atoms with E-state index in [1.165, 1.54) is 5.56 Å². The summed E-state index contributed by atoms with van der Waals surface area (Å²) in [6.07, 6.45) is 4.62. The second-order valence-electron chi connectivity index (χ2n) is 4.29. The van der Waals surface area contributed by atoms with Crippen LogP contribution < -0.4 is 10.2 Å². The van der Waals surface area contributed by atoms with Crippen LogP contribution in [0.15, 0.2) is 28.4 Å². The number of nitrogens with zero attached hydrogens (tertiary/aromatic N) is 2. The molecule has 0 aliphatic carbocycles. The van der Waals surface area contributed by atoms with E-state index >= 15 is 0 Å². The molecule has 2 aromatic rings. The zero-order chi connectivity index (χ0) is 12.8. The SMILES string of the molecule is CCCNCc1csc(N(C)Cc2ccoc2)n1. The van der Waals surface area contributed by atoms with Gasteiger partial charge in [0.05, 0.1) is 18.2 Å². The van der Waals surface area contributed by atoms with Crippen molar-refractivity contribution in [2.75, 3.05) is 18.5 Å². The first kappa shape index (κ1) is 13.1. The molecule has 0 radical (unpaired) electrons. The Morgan fingerprint density at radius 1 is 1.50 bits per heavy atom. The highest BCUT2D eigenvalue weighted by Gasteiger charge is 2.08. The smallest absolute Gasteiger partial charge is 0.185 e. The summed E-state index contributed by atoms with van der Waals surface area (Å²) in [4.78, 5) is 6.75. The molecule has 0 bridgehead atoms. The van der Waals surface area contributed by atoms with Gasteiger partial charge in [-0.15, -0.1) is 11.3 Å². The van der Waals surface area contributed by atoms with Gasteiger partial charge in [-0.25, -0.2) is 4.98 Å². The predicted octanol–water partition coefficient (Wildman–Crippen LogP) is 2.87. The van der Waals surface area contributed by atoms with Crippen molar-refractivity contribution in [2.24, 2.45) is 0 Å². The van der Waals surface area contributed by atoms with E-state index in [9.17, 15) is 0 Å². The molecule has 2 rings (SSSR count). The van der Waals surface area contributed by atoms with Crippen LogP contribution in [0.4, 0.5) is 5.13 Å². The minimum absolute atomic E-state index is 0.825. The van der Waals surface area contributed by atoms with E-state index in [1.54, 1.807) is 23.9 Å². The van der Waals surface area contributed by atoms with Gasteiger partial charge in [0.1, 0.15) is 0 Å². The zero-order valence-corrected chi connectivity index (χ0v) is 11.7. The van der Waals surface area contributed by atoms with Crippen LogP contribution in [-0.2, 0) is 13.1 Å². The van der Waals surface area contributed by atoms with Crippen molar-refractivity contribution in [1.82, 2.24) is 10.3 Å². The molecule has 0 amide bonds. The van der Waals surface area contributed by atoms with Gasteiger partial charge in [0.15, 0.2) is 5.13 Å². The van der Waals surface area contributed by atoms with Crippen LogP contribution in [0.3, 0.4) is 0 Å². The number of rotatable bonds is 7. The van der Waals surface area contributed by atoms with Crippen LogP contribution in [-0.4, -0.2) is 18.6 Å². The van der Waals surface area contributed by atoms with E-state index in [4.69, 9.17) is 4.42 Å². The Kier molecular flexibility index (Phi) is 4.78. The fourth-order valence-electron chi connectivity index (χ4n) is 1.67. The first-order valence-corrected chi connectivity index (χ1v) is 7.05. The normalized spacial score (nSPS) is 10.8. The molecule has 0 saturated carbocycles. The molecule has 0 fully saturated rings. The predicted molar refractivity (Wildman–Crippen MR) is 74.9 cm³/mol. The van der Waals surface area contributed by atoms with Crippen molar-refractivity contribution >= 4 is 16.5 Å². The summed E-state index contributed by atoms with van der Waals surface area (Å²) >= 11 is 1.68. The van der Waals surface area contributed by atoms with Crippen LogP contribution in [0.25, 0.3) is 0 Å². The van der Waals surface area contributed by atoms with Gasteiger partial charge in [-0.3, -0.25) is 0 Å². The molecule has 98 valence electrons. The van der Waals surface area contributed by atoms with Gasteiger partial charge in [0, 0.05) is 31.1 Å².